The number of amides is 2. The predicted molar refractivity (Wildman–Crippen MR) is 144 cm³/mol. The van der Waals surface area contributed by atoms with Crippen LogP contribution in [-0.2, 0) is 4.79 Å². The van der Waals surface area contributed by atoms with E-state index in [1.54, 1.807) is 51.7 Å². The molecule has 1 saturated heterocycles. The molecule has 0 radical (unpaired) electrons. The van der Waals surface area contributed by atoms with Crippen molar-refractivity contribution in [3.63, 3.8) is 0 Å². The number of nitrogens with one attached hydrogen (secondary N) is 2. The van der Waals surface area contributed by atoms with Crippen LogP contribution in [0.2, 0.25) is 0 Å². The van der Waals surface area contributed by atoms with E-state index in [1.165, 1.54) is 30.3 Å². The van der Waals surface area contributed by atoms with Gasteiger partial charge in [-0.15, -0.1) is 0 Å². The Morgan fingerprint density at radius 3 is 2.62 bits per heavy atom. The van der Waals surface area contributed by atoms with Crippen LogP contribution < -0.4 is 15.6 Å². The third-order valence-corrected chi connectivity index (χ3v) is 7.10. The highest BCUT2D eigenvalue weighted by Gasteiger charge is 2.46. The molecule has 208 valence electrons. The number of nitrogens with zero attached hydrogens (tertiary/aromatic N) is 4. The lowest BCUT2D eigenvalue weighted by molar-refractivity contribution is -0.137. The molecule has 10 nitrogen and oxygen atoms in total. The molecule has 0 spiro atoms. The summed E-state index contributed by atoms with van der Waals surface area (Å²) >= 11 is 0. The van der Waals surface area contributed by atoms with Crippen LogP contribution in [-0.4, -0.2) is 44.0 Å². The molecule has 2 aromatic heterocycles. The van der Waals surface area contributed by atoms with E-state index in [2.05, 4.69) is 26.6 Å². The highest BCUT2D eigenvalue weighted by Crippen LogP contribution is 2.43. The summed E-state index contributed by atoms with van der Waals surface area (Å²) in [5.41, 5.74) is 0.261. The minimum Gasteiger partial charge on any atom is -0.450 e. The van der Waals surface area contributed by atoms with Gasteiger partial charge in [-0.1, -0.05) is 12.1 Å². The first-order valence-corrected chi connectivity index (χ1v) is 12.9. The molecule has 2 N–H and O–H groups in total. The van der Waals surface area contributed by atoms with Gasteiger partial charge in [-0.2, -0.15) is 10.4 Å². The van der Waals surface area contributed by atoms with Crippen molar-refractivity contribution in [2.75, 3.05) is 0 Å². The monoisotopic (exact) mass is 546 g/mol. The van der Waals surface area contributed by atoms with Crippen molar-refractivity contribution in [2.24, 2.45) is 5.41 Å². The van der Waals surface area contributed by atoms with Crippen molar-refractivity contribution in [1.29, 1.82) is 5.26 Å². The largest absolute Gasteiger partial charge is 0.450 e. The number of aromatic amines is 1. The van der Waals surface area contributed by atoms with Gasteiger partial charge < -0.3 is 15.0 Å². The average Bonchev–Trinajstić information content (AvgIpc) is 3.37. The number of rotatable bonds is 7. The smallest absolute Gasteiger partial charge is 0.307 e. The lowest BCUT2D eigenvalue weighted by Gasteiger charge is -2.38. The molecule has 1 aliphatic heterocycles. The van der Waals surface area contributed by atoms with Crippen LogP contribution in [0.15, 0.2) is 47.3 Å². The molecule has 2 amide bonds. The number of hydrogen-bond acceptors (Lipinski definition) is 7. The van der Waals surface area contributed by atoms with Gasteiger partial charge in [-0.05, 0) is 77.3 Å². The molecular weight excluding hydrogens is 515 g/mol. The Morgan fingerprint density at radius 2 is 1.95 bits per heavy atom. The third kappa shape index (κ3) is 5.86. The molecule has 0 aliphatic carbocycles. The SMILES string of the molecule is Cc1cc(Oc2ccc(C(=O)N[C@H](C)C(=O)N3[C@H](c4cccc(F)c4)CC[C@@H]3C(C)(C)C#N)nc2C)c(=O)[nH]n1. The van der Waals surface area contributed by atoms with Gasteiger partial charge in [0.1, 0.15) is 23.3 Å². The van der Waals surface area contributed by atoms with Crippen molar-refractivity contribution in [2.45, 2.75) is 65.6 Å². The Hall–Kier alpha value is -4.59. The van der Waals surface area contributed by atoms with E-state index in [-0.39, 0.29) is 23.1 Å². The van der Waals surface area contributed by atoms with Crippen molar-refractivity contribution in [3.05, 3.63) is 81.3 Å². The molecule has 3 aromatic rings. The molecule has 0 saturated carbocycles. The summed E-state index contributed by atoms with van der Waals surface area (Å²) in [6.07, 6.45) is 1.13. The van der Waals surface area contributed by atoms with E-state index in [1.807, 2.05) is 0 Å². The minimum absolute atomic E-state index is 0.0436. The van der Waals surface area contributed by atoms with Crippen molar-refractivity contribution in [1.82, 2.24) is 25.4 Å². The fourth-order valence-electron chi connectivity index (χ4n) is 4.96. The molecule has 1 fully saturated rings. The maximum atomic E-state index is 14.0. The van der Waals surface area contributed by atoms with Gasteiger partial charge in [0, 0.05) is 6.07 Å². The molecule has 40 heavy (non-hydrogen) atoms. The number of pyridine rings is 1. The predicted octanol–water partition coefficient (Wildman–Crippen LogP) is 4.11. The minimum atomic E-state index is -0.949. The molecule has 3 heterocycles. The number of aromatic nitrogens is 3. The number of likely N-dealkylation sites (tertiary alicyclic amines) is 1. The zero-order chi connectivity index (χ0) is 29.2. The molecule has 1 aromatic carbocycles. The fraction of sp³-hybridized carbons (Fsp3) is 0.379. The topological polar surface area (TPSA) is 141 Å². The van der Waals surface area contributed by atoms with Gasteiger partial charge in [-0.25, -0.2) is 14.5 Å². The number of carbonyl (C=O) groups is 2. The summed E-state index contributed by atoms with van der Waals surface area (Å²) in [5, 5.41) is 18.7. The van der Waals surface area contributed by atoms with Gasteiger partial charge in [-0.3, -0.25) is 14.4 Å². The van der Waals surface area contributed by atoms with E-state index in [0.717, 1.165) is 0 Å². The second-order valence-corrected chi connectivity index (χ2v) is 10.5. The fourth-order valence-corrected chi connectivity index (χ4v) is 4.96. The number of halogens is 1. The first-order valence-electron chi connectivity index (χ1n) is 12.9. The Bertz CT molecular complexity index is 1550. The van der Waals surface area contributed by atoms with Gasteiger partial charge in [0.25, 0.3) is 5.91 Å². The number of H-pyrrole nitrogens is 1. The highest BCUT2D eigenvalue weighted by atomic mass is 19.1. The molecule has 1 aliphatic rings. The number of aryl methyl sites for hydroxylation is 2. The summed E-state index contributed by atoms with van der Waals surface area (Å²) in [6, 6.07) is 11.0. The summed E-state index contributed by atoms with van der Waals surface area (Å²) in [6.45, 7) is 8.44. The Kier molecular flexibility index (Phi) is 8.00. The standard InChI is InChI=1S/C29H31FN6O4/c1-16-13-24(27(38)35-34-16)40-23-11-9-21(32-17(23)2)26(37)33-18(3)28(39)36-22(19-7-6-8-20(30)14-19)10-12-25(36)29(4,5)15-31/h6-9,11,13-14,18,22,25H,10,12H2,1-5H3,(H,33,37)(H,35,38)/t18-,22+,25-/m1/s1. The Morgan fingerprint density at radius 1 is 1.20 bits per heavy atom. The lowest BCUT2D eigenvalue weighted by atomic mass is 9.84. The molecule has 0 bridgehead atoms. The van der Waals surface area contributed by atoms with Crippen LogP contribution in [0.3, 0.4) is 0 Å². The molecule has 3 atom stereocenters. The van der Waals surface area contributed by atoms with E-state index < -0.39 is 40.8 Å². The van der Waals surface area contributed by atoms with E-state index in [9.17, 15) is 24.0 Å². The van der Waals surface area contributed by atoms with E-state index in [0.29, 0.717) is 29.8 Å². The molecular formula is C29H31FN6O4. The van der Waals surface area contributed by atoms with Crippen LogP contribution in [0.5, 0.6) is 11.5 Å². The van der Waals surface area contributed by atoms with Crippen LogP contribution in [0.4, 0.5) is 4.39 Å². The van der Waals surface area contributed by atoms with Crippen molar-refractivity contribution >= 4 is 11.8 Å². The number of nitriles is 1. The Balaban J connectivity index is 1.53. The van der Waals surface area contributed by atoms with Gasteiger partial charge in [0.15, 0.2) is 5.75 Å². The number of hydrogen-bond donors (Lipinski definition) is 2. The van der Waals surface area contributed by atoms with E-state index >= 15 is 0 Å². The van der Waals surface area contributed by atoms with Gasteiger partial charge in [0.2, 0.25) is 5.91 Å². The molecule has 11 heteroatoms. The van der Waals surface area contributed by atoms with Crippen LogP contribution >= 0.6 is 0 Å². The maximum absolute atomic E-state index is 14.0. The Labute approximate surface area is 231 Å². The van der Waals surface area contributed by atoms with Crippen LogP contribution in [0.25, 0.3) is 0 Å². The zero-order valence-corrected chi connectivity index (χ0v) is 23.0. The maximum Gasteiger partial charge on any atom is 0.307 e. The zero-order valence-electron chi connectivity index (χ0n) is 23.0. The first kappa shape index (κ1) is 28.4. The number of benzene rings is 1. The third-order valence-electron chi connectivity index (χ3n) is 7.10. The van der Waals surface area contributed by atoms with Crippen molar-refractivity contribution in [3.8, 4) is 17.6 Å². The average molecular weight is 547 g/mol. The normalized spacial score (nSPS) is 17.7. The summed E-state index contributed by atoms with van der Waals surface area (Å²) in [4.78, 5) is 44.7. The highest BCUT2D eigenvalue weighted by molar-refractivity contribution is 5.96. The quantitative estimate of drug-likeness (QED) is 0.454. The second kappa shape index (κ2) is 11.3. The number of carbonyl (C=O) groups excluding carboxylic acids is 2. The second-order valence-electron chi connectivity index (χ2n) is 10.5. The molecule has 4 rings (SSSR count). The summed E-state index contributed by atoms with van der Waals surface area (Å²) < 4.78 is 19.7. The van der Waals surface area contributed by atoms with Gasteiger partial charge >= 0.3 is 5.56 Å². The summed E-state index contributed by atoms with van der Waals surface area (Å²) in [5.74, 6) is -1.04. The first-order chi connectivity index (χ1) is 18.9. The number of ether oxygens (including phenoxy) is 1. The van der Waals surface area contributed by atoms with E-state index in [4.69, 9.17) is 4.74 Å². The molecule has 0 unspecified atom stereocenters. The van der Waals surface area contributed by atoms with Gasteiger partial charge in [0.05, 0.1) is 35.0 Å². The summed E-state index contributed by atoms with van der Waals surface area (Å²) in [7, 11) is 0. The van der Waals surface area contributed by atoms with Crippen LogP contribution in [0.1, 0.15) is 67.1 Å². The van der Waals surface area contributed by atoms with Crippen LogP contribution in [0, 0.1) is 36.4 Å². The van der Waals surface area contributed by atoms with Crippen molar-refractivity contribution < 1.29 is 18.7 Å². The lowest BCUT2D eigenvalue weighted by Crippen LogP contribution is -2.52.